The number of aliphatic carboxylic acids is 1. The number of nitrogens with zero attached hydrogens (tertiary/aromatic N) is 3. The molecule has 0 amide bonds. The number of carboxylic acids is 1. The number of likely N-dealkylation sites (tertiary alicyclic amines) is 1. The number of halogens is 3. The van der Waals surface area contributed by atoms with Crippen LogP contribution in [0.5, 0.6) is 11.5 Å². The highest BCUT2D eigenvalue weighted by atomic mass is 19.2. The normalized spacial score (nSPS) is 18.2. The van der Waals surface area contributed by atoms with Crippen molar-refractivity contribution in [1.82, 2.24) is 14.8 Å². The second-order valence-corrected chi connectivity index (χ2v) is 12.0. The number of ether oxygens (including phenoxy) is 3. The summed E-state index contributed by atoms with van der Waals surface area (Å²) in [5.41, 5.74) is 1.92. The lowest BCUT2D eigenvalue weighted by Crippen LogP contribution is -2.42. The van der Waals surface area contributed by atoms with Gasteiger partial charge >= 0.3 is 5.97 Å². The first-order valence-corrected chi connectivity index (χ1v) is 15.3. The monoisotopic (exact) mass is 631 g/mol. The van der Waals surface area contributed by atoms with Gasteiger partial charge in [0.2, 0.25) is 5.82 Å². The van der Waals surface area contributed by atoms with Crippen LogP contribution in [0, 0.1) is 22.9 Å². The van der Waals surface area contributed by atoms with Crippen molar-refractivity contribution < 1.29 is 42.4 Å². The van der Waals surface area contributed by atoms with Gasteiger partial charge in [0.15, 0.2) is 11.6 Å². The molecule has 45 heavy (non-hydrogen) atoms. The van der Waals surface area contributed by atoms with Gasteiger partial charge in [-0.05, 0) is 73.5 Å². The van der Waals surface area contributed by atoms with E-state index in [0.29, 0.717) is 76.9 Å². The Balaban J connectivity index is 1.27. The van der Waals surface area contributed by atoms with Crippen molar-refractivity contribution in [3.05, 3.63) is 65.1 Å². The number of benzene rings is 2. The summed E-state index contributed by atoms with van der Waals surface area (Å²) in [7, 11) is 1.59. The smallest absolute Gasteiger partial charge is 0.303 e. The predicted octanol–water partition coefficient (Wildman–Crippen LogP) is 4.94. The van der Waals surface area contributed by atoms with E-state index in [4.69, 9.17) is 14.2 Å². The fraction of sp³-hybridized carbons (Fsp3) is 0.515. The van der Waals surface area contributed by atoms with E-state index in [1.807, 2.05) is 24.4 Å². The SMILES string of the molecule is COc1ccc2ncc(CN3CCOCC3)c(C(O)CCC3(CC(=O)O)CCN(CCOc4cc(F)cc(F)c4F)CC3)c2c1. The fourth-order valence-electron chi connectivity index (χ4n) is 6.48. The number of piperidine rings is 1. The van der Waals surface area contributed by atoms with Crippen molar-refractivity contribution in [3.63, 3.8) is 0 Å². The largest absolute Gasteiger partial charge is 0.497 e. The summed E-state index contributed by atoms with van der Waals surface area (Å²) in [6, 6.07) is 6.87. The topological polar surface area (TPSA) is 105 Å². The molecule has 12 heteroatoms. The summed E-state index contributed by atoms with van der Waals surface area (Å²) in [6.45, 7) is 5.02. The Morgan fingerprint density at radius 2 is 1.84 bits per heavy atom. The number of carbonyl (C=O) groups is 1. The Kier molecular flexibility index (Phi) is 10.8. The molecule has 2 aliphatic heterocycles. The molecule has 5 rings (SSSR count). The zero-order valence-electron chi connectivity index (χ0n) is 25.4. The minimum Gasteiger partial charge on any atom is -0.497 e. The van der Waals surface area contributed by atoms with E-state index in [-0.39, 0.29) is 13.0 Å². The lowest BCUT2D eigenvalue weighted by Gasteiger charge is -2.41. The van der Waals surface area contributed by atoms with E-state index >= 15 is 0 Å². The number of rotatable bonds is 13. The average molecular weight is 632 g/mol. The minimum atomic E-state index is -1.31. The van der Waals surface area contributed by atoms with Gasteiger partial charge in [-0.2, -0.15) is 4.39 Å². The fourth-order valence-corrected chi connectivity index (χ4v) is 6.48. The zero-order valence-corrected chi connectivity index (χ0v) is 25.4. The maximum Gasteiger partial charge on any atom is 0.303 e. The predicted molar refractivity (Wildman–Crippen MR) is 161 cm³/mol. The summed E-state index contributed by atoms with van der Waals surface area (Å²) in [4.78, 5) is 21.0. The molecule has 0 spiro atoms. The molecule has 2 fully saturated rings. The lowest BCUT2D eigenvalue weighted by molar-refractivity contribution is -0.141. The summed E-state index contributed by atoms with van der Waals surface area (Å²) in [5, 5.41) is 22.4. The lowest BCUT2D eigenvalue weighted by atomic mass is 9.71. The van der Waals surface area contributed by atoms with Gasteiger partial charge in [-0.15, -0.1) is 0 Å². The van der Waals surface area contributed by atoms with E-state index in [1.54, 1.807) is 7.11 Å². The molecule has 3 heterocycles. The van der Waals surface area contributed by atoms with E-state index in [2.05, 4.69) is 14.8 Å². The molecule has 3 aromatic rings. The van der Waals surface area contributed by atoms with Gasteiger partial charge in [-0.1, -0.05) is 0 Å². The first-order valence-electron chi connectivity index (χ1n) is 15.3. The van der Waals surface area contributed by atoms with Crippen molar-refractivity contribution >= 4 is 16.9 Å². The molecule has 1 aromatic heterocycles. The van der Waals surface area contributed by atoms with Crippen LogP contribution in [-0.2, 0) is 16.1 Å². The molecule has 0 bridgehead atoms. The molecule has 2 aliphatic rings. The number of fused-ring (bicyclic) bond motifs is 1. The number of aliphatic hydroxyl groups is 1. The van der Waals surface area contributed by atoms with Crippen LogP contribution in [0.4, 0.5) is 13.2 Å². The van der Waals surface area contributed by atoms with Crippen molar-refractivity contribution in [3.8, 4) is 11.5 Å². The summed E-state index contributed by atoms with van der Waals surface area (Å²) in [5.74, 6) is -4.18. The van der Waals surface area contributed by atoms with Gasteiger partial charge in [-0.25, -0.2) is 8.78 Å². The van der Waals surface area contributed by atoms with Crippen LogP contribution in [0.2, 0.25) is 0 Å². The van der Waals surface area contributed by atoms with Crippen LogP contribution in [0.15, 0.2) is 36.5 Å². The Morgan fingerprint density at radius 1 is 1.09 bits per heavy atom. The van der Waals surface area contributed by atoms with Gasteiger partial charge in [0.25, 0.3) is 0 Å². The van der Waals surface area contributed by atoms with Crippen molar-refractivity contribution in [2.24, 2.45) is 5.41 Å². The van der Waals surface area contributed by atoms with Crippen LogP contribution in [0.1, 0.15) is 49.3 Å². The molecule has 0 aliphatic carbocycles. The second-order valence-electron chi connectivity index (χ2n) is 12.0. The van der Waals surface area contributed by atoms with Gasteiger partial charge in [0, 0.05) is 49.9 Å². The Bertz CT molecular complexity index is 1480. The minimum absolute atomic E-state index is 0.0228. The average Bonchev–Trinajstić information content (AvgIpc) is 3.03. The highest BCUT2D eigenvalue weighted by molar-refractivity contribution is 5.85. The van der Waals surface area contributed by atoms with E-state index in [0.717, 1.165) is 41.2 Å². The molecule has 2 N–H and O–H groups in total. The molecule has 0 saturated carbocycles. The van der Waals surface area contributed by atoms with Crippen LogP contribution in [0.3, 0.4) is 0 Å². The molecular weight excluding hydrogens is 591 g/mol. The third kappa shape index (κ3) is 8.23. The zero-order chi connectivity index (χ0) is 32.0. The van der Waals surface area contributed by atoms with Crippen LogP contribution in [0.25, 0.3) is 10.9 Å². The third-order valence-electron chi connectivity index (χ3n) is 9.05. The van der Waals surface area contributed by atoms with Gasteiger partial charge < -0.3 is 24.4 Å². The summed E-state index contributed by atoms with van der Waals surface area (Å²) >= 11 is 0. The molecular formula is C33H40F3N3O6. The van der Waals surface area contributed by atoms with E-state index < -0.39 is 40.7 Å². The maximum atomic E-state index is 13.9. The summed E-state index contributed by atoms with van der Waals surface area (Å²) in [6.07, 6.45) is 2.99. The molecule has 1 atom stereocenters. The number of hydrogen-bond donors (Lipinski definition) is 2. The molecule has 9 nitrogen and oxygen atoms in total. The standard InChI is InChI=1S/C33H40F3N3O6/c1-43-24-2-3-27-25(18-24)31(22(20-37-27)21-39-10-13-44-14-11-39)28(40)4-5-33(19-30(41)42)6-8-38(9-7-33)12-15-45-29-17-23(34)16-26(35)32(29)36/h2-3,16-18,20,28,40H,4-15,19,21H2,1H3,(H,41,42). The second kappa shape index (κ2) is 14.8. The van der Waals surface area contributed by atoms with Crippen LogP contribution < -0.4 is 9.47 Å². The Labute approximate surface area is 260 Å². The van der Waals surface area contributed by atoms with Crippen LogP contribution >= 0.6 is 0 Å². The molecule has 244 valence electrons. The molecule has 2 saturated heterocycles. The Morgan fingerprint density at radius 3 is 2.56 bits per heavy atom. The van der Waals surface area contributed by atoms with E-state index in [1.165, 1.54) is 0 Å². The quantitative estimate of drug-likeness (QED) is 0.254. The molecule has 0 radical (unpaired) electrons. The first-order chi connectivity index (χ1) is 21.7. The van der Waals surface area contributed by atoms with Crippen LogP contribution in [-0.4, -0.2) is 90.6 Å². The van der Waals surface area contributed by atoms with Gasteiger partial charge in [-0.3, -0.25) is 19.6 Å². The van der Waals surface area contributed by atoms with Gasteiger partial charge in [0.1, 0.15) is 18.2 Å². The number of carboxylic acid groups (broad SMARTS) is 1. The number of pyridine rings is 1. The highest BCUT2D eigenvalue weighted by Crippen LogP contribution is 2.42. The van der Waals surface area contributed by atoms with Gasteiger partial charge in [0.05, 0.1) is 38.4 Å². The van der Waals surface area contributed by atoms with Crippen molar-refractivity contribution in [2.75, 3.05) is 59.7 Å². The number of aromatic nitrogens is 1. The highest BCUT2D eigenvalue weighted by Gasteiger charge is 2.37. The number of morpholine rings is 1. The van der Waals surface area contributed by atoms with Crippen molar-refractivity contribution in [1.29, 1.82) is 0 Å². The Hall–Kier alpha value is -3.45. The molecule has 1 unspecified atom stereocenters. The van der Waals surface area contributed by atoms with E-state index in [9.17, 15) is 28.2 Å². The summed E-state index contributed by atoms with van der Waals surface area (Å²) < 4.78 is 57.2. The first kappa shape index (κ1) is 32.9. The third-order valence-corrected chi connectivity index (χ3v) is 9.05. The van der Waals surface area contributed by atoms with Crippen molar-refractivity contribution in [2.45, 2.75) is 44.8 Å². The number of hydrogen-bond acceptors (Lipinski definition) is 8. The molecule has 2 aromatic carbocycles. The number of methoxy groups -OCH3 is 1. The number of aliphatic hydroxyl groups excluding tert-OH is 1. The maximum absolute atomic E-state index is 13.9.